The fourth-order valence-corrected chi connectivity index (χ4v) is 4.02. The number of nitrogens with one attached hydrogen (secondary N) is 2. The third-order valence-corrected chi connectivity index (χ3v) is 5.31. The molecule has 4 aromatic rings. The number of aromatic amines is 2. The summed E-state index contributed by atoms with van der Waals surface area (Å²) in [6, 6.07) is 16.2. The zero-order valence-electron chi connectivity index (χ0n) is 14.4. The van der Waals surface area contributed by atoms with Crippen molar-refractivity contribution in [3.63, 3.8) is 0 Å². The van der Waals surface area contributed by atoms with Crippen LogP contribution in [0.4, 0.5) is 0 Å². The second-order valence-electron chi connectivity index (χ2n) is 6.92. The zero-order valence-corrected chi connectivity index (χ0v) is 14.4. The van der Waals surface area contributed by atoms with Crippen molar-refractivity contribution < 1.29 is 4.79 Å². The van der Waals surface area contributed by atoms with Crippen molar-refractivity contribution in [1.82, 2.24) is 19.9 Å². The van der Waals surface area contributed by atoms with Crippen LogP contribution in [0.2, 0.25) is 0 Å². The van der Waals surface area contributed by atoms with E-state index < -0.39 is 0 Å². The number of carbonyl (C=O) groups excluding carboxylic acids is 1. The maximum Gasteiger partial charge on any atom is 0.227 e. The van der Waals surface area contributed by atoms with E-state index in [1.807, 2.05) is 53.6 Å². The summed E-state index contributed by atoms with van der Waals surface area (Å²) < 4.78 is 0. The van der Waals surface area contributed by atoms with Gasteiger partial charge in [-0.2, -0.15) is 0 Å². The molecule has 2 N–H and O–H groups in total. The van der Waals surface area contributed by atoms with E-state index in [-0.39, 0.29) is 11.9 Å². The molecule has 5 heteroatoms. The Bertz CT molecular complexity index is 1060. The van der Waals surface area contributed by atoms with Crippen LogP contribution in [-0.2, 0) is 11.2 Å². The van der Waals surface area contributed by atoms with Crippen LogP contribution in [0.5, 0.6) is 0 Å². The number of fused-ring (bicyclic) bond motifs is 2. The number of rotatable bonds is 3. The van der Waals surface area contributed by atoms with E-state index in [2.05, 4.69) is 16.0 Å². The smallest absolute Gasteiger partial charge is 0.227 e. The van der Waals surface area contributed by atoms with Crippen LogP contribution in [0.3, 0.4) is 0 Å². The summed E-state index contributed by atoms with van der Waals surface area (Å²) in [6.45, 7) is 0.795. The van der Waals surface area contributed by atoms with Crippen molar-refractivity contribution in [2.75, 3.05) is 6.54 Å². The fraction of sp³-hybridized carbons (Fsp3) is 0.238. The fourth-order valence-electron chi connectivity index (χ4n) is 4.02. The minimum atomic E-state index is 0.0418. The molecule has 1 amide bonds. The highest BCUT2D eigenvalue weighted by molar-refractivity contribution is 5.89. The van der Waals surface area contributed by atoms with Gasteiger partial charge in [0.15, 0.2) is 0 Å². The second-order valence-corrected chi connectivity index (χ2v) is 6.92. The molecular formula is C21H20N4O. The van der Waals surface area contributed by atoms with Crippen LogP contribution >= 0.6 is 0 Å². The monoisotopic (exact) mass is 344 g/mol. The average Bonchev–Trinajstić information content (AvgIpc) is 3.39. The molecule has 5 nitrogen and oxygen atoms in total. The van der Waals surface area contributed by atoms with Gasteiger partial charge in [-0.3, -0.25) is 4.79 Å². The molecule has 1 aliphatic rings. The number of hydrogen-bond donors (Lipinski definition) is 2. The van der Waals surface area contributed by atoms with Gasteiger partial charge in [-0.15, -0.1) is 0 Å². The summed E-state index contributed by atoms with van der Waals surface area (Å²) in [7, 11) is 0. The minimum Gasteiger partial charge on any atom is -0.361 e. The SMILES string of the molecule is O=C(Cc1c[nH]c2ccccc12)N1CCCC1c1nc2ccccc2[nH]1. The lowest BCUT2D eigenvalue weighted by Crippen LogP contribution is -2.32. The Hall–Kier alpha value is -3.08. The van der Waals surface area contributed by atoms with Crippen LogP contribution in [0.1, 0.15) is 30.3 Å². The number of para-hydroxylation sites is 3. The molecule has 1 saturated heterocycles. The van der Waals surface area contributed by atoms with E-state index in [1.165, 1.54) is 0 Å². The summed E-state index contributed by atoms with van der Waals surface area (Å²) in [5, 5.41) is 1.13. The number of aromatic nitrogens is 3. The third-order valence-electron chi connectivity index (χ3n) is 5.31. The van der Waals surface area contributed by atoms with Crippen molar-refractivity contribution in [1.29, 1.82) is 0 Å². The molecule has 0 bridgehead atoms. The molecule has 0 saturated carbocycles. The van der Waals surface area contributed by atoms with Gasteiger partial charge in [0.2, 0.25) is 5.91 Å². The Morgan fingerprint density at radius 3 is 2.81 bits per heavy atom. The Kier molecular flexibility index (Phi) is 3.52. The second kappa shape index (κ2) is 6.02. The van der Waals surface area contributed by atoms with Gasteiger partial charge >= 0.3 is 0 Å². The molecule has 1 unspecified atom stereocenters. The predicted molar refractivity (Wildman–Crippen MR) is 102 cm³/mol. The van der Waals surface area contributed by atoms with E-state index in [0.717, 1.165) is 52.7 Å². The highest BCUT2D eigenvalue weighted by atomic mass is 16.2. The van der Waals surface area contributed by atoms with Crippen LogP contribution in [0.15, 0.2) is 54.7 Å². The van der Waals surface area contributed by atoms with E-state index in [9.17, 15) is 4.79 Å². The Morgan fingerprint density at radius 2 is 1.92 bits per heavy atom. The molecule has 1 aliphatic heterocycles. The molecule has 0 radical (unpaired) electrons. The van der Waals surface area contributed by atoms with Gasteiger partial charge in [0.05, 0.1) is 23.5 Å². The molecule has 5 rings (SSSR count). The number of imidazole rings is 1. The molecule has 2 aromatic carbocycles. The molecule has 1 atom stereocenters. The van der Waals surface area contributed by atoms with Crippen molar-refractivity contribution in [3.8, 4) is 0 Å². The lowest BCUT2D eigenvalue weighted by Gasteiger charge is -2.23. The molecule has 1 fully saturated rings. The summed E-state index contributed by atoms with van der Waals surface area (Å²) in [5.74, 6) is 1.06. The number of amides is 1. The molecule has 3 heterocycles. The number of hydrogen-bond acceptors (Lipinski definition) is 2. The van der Waals surface area contributed by atoms with E-state index in [4.69, 9.17) is 4.98 Å². The topological polar surface area (TPSA) is 64.8 Å². The highest BCUT2D eigenvalue weighted by Gasteiger charge is 2.32. The van der Waals surface area contributed by atoms with Crippen LogP contribution < -0.4 is 0 Å². The lowest BCUT2D eigenvalue weighted by atomic mass is 10.1. The van der Waals surface area contributed by atoms with Gasteiger partial charge in [0, 0.05) is 23.6 Å². The van der Waals surface area contributed by atoms with Crippen LogP contribution in [-0.4, -0.2) is 32.3 Å². The number of H-pyrrole nitrogens is 2. The van der Waals surface area contributed by atoms with Crippen molar-refractivity contribution >= 4 is 27.8 Å². The Morgan fingerprint density at radius 1 is 1.12 bits per heavy atom. The number of carbonyl (C=O) groups is 1. The predicted octanol–water partition coefficient (Wildman–Crippen LogP) is 3.95. The Labute approximate surface area is 151 Å². The summed E-state index contributed by atoms with van der Waals surface area (Å²) in [4.78, 5) is 26.4. The normalized spacial score (nSPS) is 17.4. The quantitative estimate of drug-likeness (QED) is 0.591. The lowest BCUT2D eigenvalue weighted by molar-refractivity contribution is -0.131. The zero-order chi connectivity index (χ0) is 17.5. The summed E-state index contributed by atoms with van der Waals surface area (Å²) in [6.07, 6.45) is 4.34. The van der Waals surface area contributed by atoms with Gasteiger partial charge in [0.1, 0.15) is 5.82 Å². The van der Waals surface area contributed by atoms with Gasteiger partial charge in [-0.25, -0.2) is 4.98 Å². The standard InChI is InChI=1S/C21H20N4O/c26-20(12-14-13-22-16-7-2-1-6-15(14)16)25-11-5-10-19(25)21-23-17-8-3-4-9-18(17)24-21/h1-4,6-9,13,19,22H,5,10-12H2,(H,23,24). The first-order chi connectivity index (χ1) is 12.8. The largest absolute Gasteiger partial charge is 0.361 e. The van der Waals surface area contributed by atoms with E-state index in [0.29, 0.717) is 6.42 Å². The molecule has 2 aromatic heterocycles. The van der Waals surface area contributed by atoms with Gasteiger partial charge < -0.3 is 14.9 Å². The third kappa shape index (κ3) is 2.47. The van der Waals surface area contributed by atoms with Crippen molar-refractivity contribution in [2.45, 2.75) is 25.3 Å². The highest BCUT2D eigenvalue weighted by Crippen LogP contribution is 2.32. The van der Waals surface area contributed by atoms with E-state index in [1.54, 1.807) is 0 Å². The van der Waals surface area contributed by atoms with Gasteiger partial charge in [0.25, 0.3) is 0 Å². The molecule has 0 aliphatic carbocycles. The number of likely N-dealkylation sites (tertiary alicyclic amines) is 1. The van der Waals surface area contributed by atoms with Crippen molar-refractivity contribution in [3.05, 3.63) is 66.1 Å². The maximum absolute atomic E-state index is 13.0. The number of nitrogens with zero attached hydrogens (tertiary/aromatic N) is 2. The van der Waals surface area contributed by atoms with E-state index >= 15 is 0 Å². The average molecular weight is 344 g/mol. The van der Waals surface area contributed by atoms with Gasteiger partial charge in [-0.1, -0.05) is 30.3 Å². The maximum atomic E-state index is 13.0. The van der Waals surface area contributed by atoms with Crippen LogP contribution in [0, 0.1) is 0 Å². The Balaban J connectivity index is 1.42. The molecule has 0 spiro atoms. The first-order valence-electron chi connectivity index (χ1n) is 9.09. The molecule has 130 valence electrons. The first kappa shape index (κ1) is 15.2. The summed E-state index contributed by atoms with van der Waals surface area (Å²) in [5.41, 5.74) is 4.11. The molecule has 26 heavy (non-hydrogen) atoms. The van der Waals surface area contributed by atoms with Crippen molar-refractivity contribution in [2.24, 2.45) is 0 Å². The number of benzene rings is 2. The molecular weight excluding hydrogens is 324 g/mol. The van der Waals surface area contributed by atoms with Gasteiger partial charge in [-0.05, 0) is 36.6 Å². The first-order valence-corrected chi connectivity index (χ1v) is 9.09. The minimum absolute atomic E-state index is 0.0418. The summed E-state index contributed by atoms with van der Waals surface area (Å²) >= 11 is 0. The van der Waals surface area contributed by atoms with Crippen LogP contribution in [0.25, 0.3) is 21.9 Å².